The number of hydrogen-bond donors (Lipinski definition) is 0. The normalized spacial score (nSPS) is 52.4. The number of methoxy groups -OCH3 is 1. The van der Waals surface area contributed by atoms with Crippen LogP contribution in [0.15, 0.2) is 0 Å². The maximum absolute atomic E-state index is 11.4. The second-order valence-electron chi connectivity index (χ2n) is 5.87. The molecule has 4 rings (SSSR count). The lowest BCUT2D eigenvalue weighted by Gasteiger charge is -2.42. The molecule has 0 amide bonds. The molecule has 0 aromatic rings. The Labute approximate surface area is 106 Å². The van der Waals surface area contributed by atoms with E-state index in [4.69, 9.17) is 18.9 Å². The van der Waals surface area contributed by atoms with Crippen molar-refractivity contribution in [3.63, 3.8) is 0 Å². The molecular formula is C13H18O5. The fraction of sp³-hybridized carbons (Fsp3) is 0.923. The first-order chi connectivity index (χ1) is 8.70. The van der Waals surface area contributed by atoms with E-state index < -0.39 is 0 Å². The van der Waals surface area contributed by atoms with E-state index in [1.807, 2.05) is 0 Å². The van der Waals surface area contributed by atoms with E-state index in [-0.39, 0.29) is 29.9 Å². The van der Waals surface area contributed by atoms with Crippen molar-refractivity contribution in [1.29, 1.82) is 0 Å². The van der Waals surface area contributed by atoms with Crippen molar-refractivity contribution < 1.29 is 23.7 Å². The van der Waals surface area contributed by atoms with E-state index >= 15 is 0 Å². The SMILES string of the molecule is COC(=O)CC1CCC2O[C@@H]3CC2(CC2O[C@H]23)O1. The first kappa shape index (κ1) is 11.2. The molecule has 6 atom stereocenters. The number of rotatable bonds is 2. The van der Waals surface area contributed by atoms with Crippen molar-refractivity contribution in [1.82, 2.24) is 0 Å². The number of carbonyl (C=O) groups excluding carboxylic acids is 1. The molecule has 4 unspecified atom stereocenters. The molecule has 1 saturated carbocycles. The minimum absolute atomic E-state index is 0.0219. The minimum Gasteiger partial charge on any atom is -0.469 e. The van der Waals surface area contributed by atoms with Crippen LogP contribution in [0.3, 0.4) is 0 Å². The lowest BCUT2D eigenvalue weighted by molar-refractivity contribution is -0.178. The van der Waals surface area contributed by atoms with Gasteiger partial charge in [0.25, 0.3) is 0 Å². The summed E-state index contributed by atoms with van der Waals surface area (Å²) in [6, 6.07) is 0. The molecule has 0 aromatic carbocycles. The summed E-state index contributed by atoms with van der Waals surface area (Å²) >= 11 is 0. The molecule has 4 fully saturated rings. The van der Waals surface area contributed by atoms with Crippen LogP contribution in [0.5, 0.6) is 0 Å². The summed E-state index contributed by atoms with van der Waals surface area (Å²) in [4.78, 5) is 11.4. The molecule has 5 nitrogen and oxygen atoms in total. The summed E-state index contributed by atoms with van der Waals surface area (Å²) in [5.41, 5.74) is -0.195. The van der Waals surface area contributed by atoms with E-state index in [0.717, 1.165) is 25.7 Å². The zero-order valence-corrected chi connectivity index (χ0v) is 10.5. The molecule has 0 aromatic heterocycles. The number of esters is 1. The Bertz CT molecular complexity index is 380. The van der Waals surface area contributed by atoms with Gasteiger partial charge in [0.05, 0.1) is 43.5 Å². The van der Waals surface area contributed by atoms with Crippen LogP contribution in [-0.2, 0) is 23.7 Å². The average molecular weight is 254 g/mol. The van der Waals surface area contributed by atoms with Crippen LogP contribution in [0.25, 0.3) is 0 Å². The van der Waals surface area contributed by atoms with E-state index in [2.05, 4.69) is 0 Å². The molecule has 5 heteroatoms. The molecule has 18 heavy (non-hydrogen) atoms. The summed E-state index contributed by atoms with van der Waals surface area (Å²) < 4.78 is 22.6. The van der Waals surface area contributed by atoms with Gasteiger partial charge in [0.1, 0.15) is 6.10 Å². The number of epoxide rings is 1. The van der Waals surface area contributed by atoms with Gasteiger partial charge in [-0.1, -0.05) is 0 Å². The summed E-state index contributed by atoms with van der Waals surface area (Å²) in [5.74, 6) is -0.193. The van der Waals surface area contributed by atoms with Crippen LogP contribution < -0.4 is 0 Å². The standard InChI is InChI=1S/C13H18O5/c1-15-11(14)4-7-2-3-10-13(18-7)5-8(16-10)12-9(6-13)17-12/h7-10,12H,2-6H2,1H3/t7?,8-,9?,10?,12+,13?/m1/s1. The Morgan fingerprint density at radius 1 is 1.28 bits per heavy atom. The van der Waals surface area contributed by atoms with Crippen LogP contribution in [-0.4, -0.2) is 49.2 Å². The summed E-state index contributed by atoms with van der Waals surface area (Å²) in [5, 5.41) is 0. The Morgan fingerprint density at radius 3 is 2.83 bits per heavy atom. The van der Waals surface area contributed by atoms with Gasteiger partial charge in [-0.25, -0.2) is 0 Å². The number of carbonyl (C=O) groups is 1. The van der Waals surface area contributed by atoms with Crippen molar-refractivity contribution in [2.75, 3.05) is 7.11 Å². The fourth-order valence-corrected chi connectivity index (χ4v) is 3.90. The zero-order valence-electron chi connectivity index (χ0n) is 10.5. The van der Waals surface area contributed by atoms with E-state index in [0.29, 0.717) is 18.6 Å². The highest BCUT2D eigenvalue weighted by Gasteiger charge is 2.66. The molecule has 3 aliphatic heterocycles. The Balaban J connectivity index is 1.50. The predicted octanol–water partition coefficient (Wildman–Crippen LogP) is 0.796. The van der Waals surface area contributed by atoms with Crippen molar-refractivity contribution in [2.45, 2.75) is 68.2 Å². The van der Waals surface area contributed by atoms with Crippen LogP contribution >= 0.6 is 0 Å². The molecule has 3 heterocycles. The highest BCUT2D eigenvalue weighted by Crippen LogP contribution is 2.55. The van der Waals surface area contributed by atoms with Crippen LogP contribution in [0, 0.1) is 0 Å². The lowest BCUT2D eigenvalue weighted by atomic mass is 9.78. The third kappa shape index (κ3) is 1.54. The molecule has 0 N–H and O–H groups in total. The van der Waals surface area contributed by atoms with Crippen LogP contribution in [0.1, 0.15) is 32.1 Å². The first-order valence-electron chi connectivity index (χ1n) is 6.76. The van der Waals surface area contributed by atoms with Gasteiger partial charge in [0.2, 0.25) is 0 Å². The van der Waals surface area contributed by atoms with Gasteiger partial charge >= 0.3 is 5.97 Å². The molecule has 0 radical (unpaired) electrons. The molecule has 1 spiro atoms. The quantitative estimate of drug-likeness (QED) is 0.539. The number of fused-ring (bicyclic) bond motifs is 3. The first-order valence-corrected chi connectivity index (χ1v) is 6.76. The highest BCUT2D eigenvalue weighted by atomic mass is 16.6. The maximum Gasteiger partial charge on any atom is 0.308 e. The van der Waals surface area contributed by atoms with Gasteiger partial charge in [0, 0.05) is 12.8 Å². The van der Waals surface area contributed by atoms with Gasteiger partial charge in [-0.3, -0.25) is 4.79 Å². The van der Waals surface area contributed by atoms with Gasteiger partial charge in [-0.15, -0.1) is 0 Å². The number of ether oxygens (including phenoxy) is 4. The van der Waals surface area contributed by atoms with Gasteiger partial charge in [-0.05, 0) is 12.8 Å². The Morgan fingerprint density at radius 2 is 2.06 bits per heavy atom. The average Bonchev–Trinajstić information content (AvgIpc) is 3.04. The van der Waals surface area contributed by atoms with Crippen molar-refractivity contribution in [3.8, 4) is 0 Å². The lowest BCUT2D eigenvalue weighted by Crippen LogP contribution is -2.50. The second-order valence-corrected chi connectivity index (χ2v) is 5.87. The minimum atomic E-state index is -0.195. The van der Waals surface area contributed by atoms with Crippen molar-refractivity contribution in [3.05, 3.63) is 0 Å². The van der Waals surface area contributed by atoms with Gasteiger partial charge in [-0.2, -0.15) is 0 Å². The topological polar surface area (TPSA) is 57.3 Å². The molecular weight excluding hydrogens is 236 g/mol. The smallest absolute Gasteiger partial charge is 0.308 e. The highest BCUT2D eigenvalue weighted by molar-refractivity contribution is 5.69. The van der Waals surface area contributed by atoms with Gasteiger partial charge in [0.15, 0.2) is 0 Å². The summed E-state index contributed by atoms with van der Waals surface area (Å²) in [6.07, 6.45) is 5.10. The summed E-state index contributed by atoms with van der Waals surface area (Å²) in [7, 11) is 1.42. The van der Waals surface area contributed by atoms with E-state index in [9.17, 15) is 4.79 Å². The second kappa shape index (κ2) is 3.68. The maximum atomic E-state index is 11.4. The van der Waals surface area contributed by atoms with Crippen molar-refractivity contribution >= 4 is 5.97 Å². The van der Waals surface area contributed by atoms with Crippen LogP contribution in [0.2, 0.25) is 0 Å². The van der Waals surface area contributed by atoms with Gasteiger partial charge < -0.3 is 18.9 Å². The predicted molar refractivity (Wildman–Crippen MR) is 60.0 cm³/mol. The Hall–Kier alpha value is -0.650. The molecule has 1 aliphatic carbocycles. The monoisotopic (exact) mass is 254 g/mol. The zero-order chi connectivity index (χ0) is 12.3. The van der Waals surface area contributed by atoms with E-state index in [1.165, 1.54) is 7.11 Å². The summed E-state index contributed by atoms with van der Waals surface area (Å²) in [6.45, 7) is 0. The molecule has 100 valence electrons. The third-order valence-electron chi connectivity index (χ3n) is 4.78. The van der Waals surface area contributed by atoms with E-state index in [1.54, 1.807) is 0 Å². The number of hydrogen-bond acceptors (Lipinski definition) is 5. The fourth-order valence-electron chi connectivity index (χ4n) is 3.90. The van der Waals surface area contributed by atoms with Crippen molar-refractivity contribution in [2.24, 2.45) is 0 Å². The molecule has 3 saturated heterocycles. The van der Waals surface area contributed by atoms with Crippen LogP contribution in [0.4, 0.5) is 0 Å². The Kier molecular flexibility index (Phi) is 2.29. The molecule has 2 bridgehead atoms. The molecule has 4 aliphatic rings. The third-order valence-corrected chi connectivity index (χ3v) is 4.78. The largest absolute Gasteiger partial charge is 0.469 e.